The van der Waals surface area contributed by atoms with Crippen LogP contribution in [0, 0.1) is 5.92 Å². The summed E-state index contributed by atoms with van der Waals surface area (Å²) in [4.78, 5) is 1.10. The maximum Gasteiger partial charge on any atom is 0.250 e. The van der Waals surface area contributed by atoms with Crippen LogP contribution in [0.3, 0.4) is 0 Å². The highest BCUT2D eigenvalue weighted by Crippen LogP contribution is 2.27. The topological polar surface area (TPSA) is 58.2 Å². The van der Waals surface area contributed by atoms with Crippen molar-refractivity contribution >= 4 is 21.4 Å². The smallest absolute Gasteiger partial charge is 0.250 e. The Morgan fingerprint density at radius 3 is 2.62 bits per heavy atom. The third-order valence-corrected chi connectivity index (χ3v) is 7.40. The van der Waals surface area contributed by atoms with Crippen LogP contribution in [0.2, 0.25) is 0 Å². The van der Waals surface area contributed by atoms with Crippen LogP contribution in [0.1, 0.15) is 49.8 Å². The lowest BCUT2D eigenvalue weighted by molar-refractivity contribution is 0.496. The lowest BCUT2D eigenvalue weighted by Crippen LogP contribution is -2.25. The average Bonchev–Trinajstić information content (AvgIpc) is 2.93. The normalized spacial score (nSPS) is 20.2. The van der Waals surface area contributed by atoms with Crippen LogP contribution in [0.5, 0.6) is 0 Å². The average molecular weight is 329 g/mol. The summed E-state index contributed by atoms with van der Waals surface area (Å²) in [6.45, 7) is 1.35. The summed E-state index contributed by atoms with van der Waals surface area (Å²) in [6.07, 6.45) is 8.61. The lowest BCUT2D eigenvalue weighted by atomic mass is 10.1. The first-order chi connectivity index (χ1) is 10.1. The van der Waals surface area contributed by atoms with Gasteiger partial charge in [-0.05, 0) is 37.3 Å². The zero-order valence-corrected chi connectivity index (χ0v) is 13.9. The molecule has 2 fully saturated rings. The van der Waals surface area contributed by atoms with E-state index in [0.717, 1.165) is 17.8 Å². The Bertz CT molecular complexity index is 558. The van der Waals surface area contributed by atoms with E-state index >= 15 is 0 Å². The molecule has 0 saturated heterocycles. The van der Waals surface area contributed by atoms with E-state index < -0.39 is 10.0 Å². The number of sulfonamides is 1. The molecule has 2 saturated carbocycles. The van der Waals surface area contributed by atoms with Gasteiger partial charge in [-0.1, -0.05) is 25.7 Å². The molecule has 0 bridgehead atoms. The zero-order chi connectivity index (χ0) is 14.7. The Hall–Kier alpha value is -0.430. The SMILES string of the molecule is O=S(=O)(NCCC1CCCC1)c1ccc(CNC2CC2)s1. The molecule has 0 amide bonds. The Labute approximate surface area is 131 Å². The van der Waals surface area contributed by atoms with Crippen LogP contribution in [-0.4, -0.2) is 21.0 Å². The van der Waals surface area contributed by atoms with Gasteiger partial charge in [0.2, 0.25) is 10.0 Å². The number of hydrogen-bond donors (Lipinski definition) is 2. The molecule has 21 heavy (non-hydrogen) atoms. The molecule has 6 heteroatoms. The van der Waals surface area contributed by atoms with Crippen LogP contribution in [0.15, 0.2) is 16.3 Å². The van der Waals surface area contributed by atoms with Gasteiger partial charge in [0.1, 0.15) is 4.21 Å². The van der Waals surface area contributed by atoms with Crippen LogP contribution < -0.4 is 10.0 Å². The first-order valence-corrected chi connectivity index (χ1v) is 10.3. The summed E-state index contributed by atoms with van der Waals surface area (Å²) in [7, 11) is -3.31. The Balaban J connectivity index is 1.48. The fraction of sp³-hybridized carbons (Fsp3) is 0.733. The Morgan fingerprint density at radius 1 is 1.14 bits per heavy atom. The molecule has 2 aliphatic rings. The second-order valence-electron chi connectivity index (χ2n) is 6.21. The third-order valence-electron chi connectivity index (χ3n) is 4.36. The molecule has 118 valence electrons. The van der Waals surface area contributed by atoms with Crippen molar-refractivity contribution in [3.8, 4) is 0 Å². The number of rotatable bonds is 8. The van der Waals surface area contributed by atoms with Crippen molar-refractivity contribution in [1.82, 2.24) is 10.0 Å². The van der Waals surface area contributed by atoms with Crippen molar-refractivity contribution in [2.45, 2.75) is 61.7 Å². The minimum absolute atomic E-state index is 0.446. The van der Waals surface area contributed by atoms with Gasteiger partial charge in [-0.15, -0.1) is 11.3 Å². The number of thiophene rings is 1. The zero-order valence-electron chi connectivity index (χ0n) is 12.3. The van der Waals surface area contributed by atoms with Gasteiger partial charge in [-0.2, -0.15) is 0 Å². The van der Waals surface area contributed by atoms with Crippen LogP contribution in [-0.2, 0) is 16.6 Å². The molecule has 1 aromatic rings. The molecule has 0 unspecified atom stereocenters. The summed E-state index contributed by atoms with van der Waals surface area (Å²) in [5, 5.41) is 3.41. The summed E-state index contributed by atoms with van der Waals surface area (Å²) >= 11 is 1.38. The van der Waals surface area contributed by atoms with Gasteiger partial charge in [-0.3, -0.25) is 0 Å². The van der Waals surface area contributed by atoms with E-state index in [-0.39, 0.29) is 0 Å². The molecule has 4 nitrogen and oxygen atoms in total. The maximum absolute atomic E-state index is 12.2. The minimum atomic E-state index is -3.31. The van der Waals surface area contributed by atoms with Gasteiger partial charge in [-0.25, -0.2) is 13.1 Å². The van der Waals surface area contributed by atoms with E-state index in [4.69, 9.17) is 0 Å². The second-order valence-corrected chi connectivity index (χ2v) is 9.37. The largest absolute Gasteiger partial charge is 0.309 e. The Morgan fingerprint density at radius 2 is 1.90 bits per heavy atom. The first kappa shape index (κ1) is 15.5. The summed E-state index contributed by atoms with van der Waals surface area (Å²) < 4.78 is 27.7. The fourth-order valence-electron chi connectivity index (χ4n) is 2.90. The quantitative estimate of drug-likeness (QED) is 0.771. The van der Waals surface area contributed by atoms with E-state index in [9.17, 15) is 8.42 Å². The molecule has 0 atom stereocenters. The second kappa shape index (κ2) is 6.77. The molecular formula is C15H24N2O2S2. The molecule has 0 aromatic carbocycles. The molecule has 0 radical (unpaired) electrons. The molecule has 1 aromatic heterocycles. The summed E-state index contributed by atoms with van der Waals surface area (Å²) in [5.74, 6) is 0.717. The van der Waals surface area contributed by atoms with Crippen LogP contribution in [0.4, 0.5) is 0 Å². The fourth-order valence-corrected chi connectivity index (χ4v) is 5.30. The highest BCUT2D eigenvalue weighted by atomic mass is 32.2. The lowest BCUT2D eigenvalue weighted by Gasteiger charge is -2.09. The highest BCUT2D eigenvalue weighted by Gasteiger charge is 2.22. The molecule has 0 spiro atoms. The molecule has 0 aliphatic heterocycles. The minimum Gasteiger partial charge on any atom is -0.309 e. The van der Waals surface area contributed by atoms with E-state index in [1.54, 1.807) is 6.07 Å². The maximum atomic E-state index is 12.2. The van der Waals surface area contributed by atoms with E-state index in [2.05, 4.69) is 10.0 Å². The van der Waals surface area contributed by atoms with Gasteiger partial charge in [0.15, 0.2) is 0 Å². The van der Waals surface area contributed by atoms with Gasteiger partial charge < -0.3 is 5.32 Å². The molecular weight excluding hydrogens is 304 g/mol. The molecule has 1 heterocycles. The van der Waals surface area contributed by atoms with Gasteiger partial charge >= 0.3 is 0 Å². The van der Waals surface area contributed by atoms with E-state index in [0.29, 0.717) is 22.7 Å². The standard InChI is InChI=1S/C15H24N2O2S2/c18-21(19,17-10-9-12-3-1-2-4-12)15-8-7-14(20-15)11-16-13-5-6-13/h7-8,12-13,16-17H,1-6,9-11H2. The van der Waals surface area contributed by atoms with Crippen molar-refractivity contribution in [3.05, 3.63) is 17.0 Å². The molecule has 2 aliphatic carbocycles. The predicted molar refractivity (Wildman–Crippen MR) is 85.9 cm³/mol. The Kier molecular flexibility index (Phi) is 4.99. The van der Waals surface area contributed by atoms with Crippen molar-refractivity contribution in [2.24, 2.45) is 5.92 Å². The summed E-state index contributed by atoms with van der Waals surface area (Å²) in [6, 6.07) is 4.30. The van der Waals surface area contributed by atoms with E-state index in [1.165, 1.54) is 49.9 Å². The van der Waals surface area contributed by atoms with Crippen LogP contribution in [0.25, 0.3) is 0 Å². The molecule has 2 N–H and O–H groups in total. The van der Waals surface area contributed by atoms with Crippen molar-refractivity contribution in [2.75, 3.05) is 6.54 Å². The third kappa shape index (κ3) is 4.52. The van der Waals surface area contributed by atoms with Gasteiger partial charge in [0.05, 0.1) is 0 Å². The number of hydrogen-bond acceptors (Lipinski definition) is 4. The highest BCUT2D eigenvalue weighted by molar-refractivity contribution is 7.91. The monoisotopic (exact) mass is 328 g/mol. The number of nitrogens with one attached hydrogen (secondary N) is 2. The van der Waals surface area contributed by atoms with Crippen molar-refractivity contribution in [3.63, 3.8) is 0 Å². The van der Waals surface area contributed by atoms with Gasteiger partial charge in [0, 0.05) is 24.0 Å². The molecule has 3 rings (SSSR count). The van der Waals surface area contributed by atoms with E-state index in [1.807, 2.05) is 6.07 Å². The first-order valence-electron chi connectivity index (χ1n) is 7.95. The predicted octanol–water partition coefficient (Wildman–Crippen LogP) is 2.86. The van der Waals surface area contributed by atoms with Gasteiger partial charge in [0.25, 0.3) is 0 Å². The van der Waals surface area contributed by atoms with Crippen molar-refractivity contribution in [1.29, 1.82) is 0 Å². The van der Waals surface area contributed by atoms with Crippen molar-refractivity contribution < 1.29 is 8.42 Å². The summed E-state index contributed by atoms with van der Waals surface area (Å²) in [5.41, 5.74) is 0. The van der Waals surface area contributed by atoms with Crippen LogP contribution >= 0.6 is 11.3 Å².